The monoisotopic (exact) mass is 366 g/mol. The van der Waals surface area contributed by atoms with Gasteiger partial charge in [0.25, 0.3) is 0 Å². The number of hydrogen-bond donors (Lipinski definition) is 3. The second-order valence-electron chi connectivity index (χ2n) is 5.89. The molecule has 3 rings (SSSR count). The molecular formula is C20H22N4O3. The summed E-state index contributed by atoms with van der Waals surface area (Å²) in [5.41, 5.74) is 3.65. The average molecular weight is 366 g/mol. The summed E-state index contributed by atoms with van der Waals surface area (Å²) >= 11 is 0. The second-order valence-corrected chi connectivity index (χ2v) is 5.89. The largest absolute Gasteiger partial charge is 0.497 e. The topological polar surface area (TPSA) is 88.3 Å². The molecule has 0 saturated heterocycles. The van der Waals surface area contributed by atoms with Crippen LogP contribution in [0.4, 0.5) is 4.79 Å². The molecule has 0 fully saturated rings. The Morgan fingerprint density at radius 3 is 2.48 bits per heavy atom. The Hall–Kier alpha value is -3.48. The number of aromatic amines is 1. The highest BCUT2D eigenvalue weighted by molar-refractivity contribution is 5.74. The standard InChI is InChI=1S/C20H22N4O3/c1-26-17-7-3-5-14(9-17)11-21-20(25)22-12-16-13-23-24-19(16)15-6-4-8-18(10-15)27-2/h3-10,13H,11-12H2,1-2H3,(H,23,24)(H2,21,22,25). The maximum atomic E-state index is 12.1. The maximum absolute atomic E-state index is 12.1. The Labute approximate surface area is 157 Å². The number of carbonyl (C=O) groups excluding carboxylic acids is 1. The van der Waals surface area contributed by atoms with E-state index in [0.29, 0.717) is 13.1 Å². The zero-order valence-electron chi connectivity index (χ0n) is 15.3. The van der Waals surface area contributed by atoms with Crippen LogP contribution in [0.25, 0.3) is 11.3 Å². The molecule has 140 valence electrons. The van der Waals surface area contributed by atoms with Crippen LogP contribution in [-0.4, -0.2) is 30.4 Å². The summed E-state index contributed by atoms with van der Waals surface area (Å²) in [4.78, 5) is 12.1. The molecule has 27 heavy (non-hydrogen) atoms. The van der Waals surface area contributed by atoms with E-state index in [1.165, 1.54) is 0 Å². The molecule has 0 radical (unpaired) electrons. The summed E-state index contributed by atoms with van der Waals surface area (Å²) in [6, 6.07) is 15.0. The van der Waals surface area contributed by atoms with Gasteiger partial charge in [0.2, 0.25) is 0 Å². The quantitative estimate of drug-likeness (QED) is 0.600. The van der Waals surface area contributed by atoms with Gasteiger partial charge in [-0.15, -0.1) is 0 Å². The minimum absolute atomic E-state index is 0.254. The molecule has 0 atom stereocenters. The third kappa shape index (κ3) is 4.78. The molecule has 3 N–H and O–H groups in total. The van der Waals surface area contributed by atoms with Gasteiger partial charge in [-0.3, -0.25) is 5.10 Å². The van der Waals surface area contributed by atoms with Crippen LogP contribution in [0.15, 0.2) is 54.7 Å². The van der Waals surface area contributed by atoms with Gasteiger partial charge in [-0.25, -0.2) is 4.79 Å². The minimum atomic E-state index is -0.254. The van der Waals surface area contributed by atoms with E-state index in [-0.39, 0.29) is 6.03 Å². The molecule has 0 saturated carbocycles. The van der Waals surface area contributed by atoms with Crippen molar-refractivity contribution in [2.24, 2.45) is 0 Å². The summed E-state index contributed by atoms with van der Waals surface area (Å²) in [6.45, 7) is 0.768. The number of carbonyl (C=O) groups is 1. The molecule has 1 heterocycles. The smallest absolute Gasteiger partial charge is 0.315 e. The number of hydrogen-bond acceptors (Lipinski definition) is 4. The summed E-state index contributed by atoms with van der Waals surface area (Å²) in [6.07, 6.45) is 1.71. The van der Waals surface area contributed by atoms with Crippen molar-refractivity contribution < 1.29 is 14.3 Å². The van der Waals surface area contributed by atoms with Crippen LogP contribution in [0.1, 0.15) is 11.1 Å². The van der Waals surface area contributed by atoms with Gasteiger partial charge in [-0.1, -0.05) is 24.3 Å². The Morgan fingerprint density at radius 2 is 1.70 bits per heavy atom. The van der Waals surface area contributed by atoms with Crippen molar-refractivity contribution in [2.45, 2.75) is 13.1 Å². The van der Waals surface area contributed by atoms with Gasteiger partial charge in [0.05, 0.1) is 26.1 Å². The van der Waals surface area contributed by atoms with Crippen LogP contribution in [0.5, 0.6) is 11.5 Å². The van der Waals surface area contributed by atoms with Crippen molar-refractivity contribution in [3.05, 3.63) is 65.9 Å². The zero-order chi connectivity index (χ0) is 19.1. The lowest BCUT2D eigenvalue weighted by atomic mass is 10.1. The average Bonchev–Trinajstić information content (AvgIpc) is 3.19. The molecule has 0 aliphatic heterocycles. The van der Waals surface area contributed by atoms with Gasteiger partial charge in [0.15, 0.2) is 0 Å². The molecule has 7 nitrogen and oxygen atoms in total. The summed E-state index contributed by atoms with van der Waals surface area (Å²) in [5.74, 6) is 1.52. The molecule has 0 bridgehead atoms. The second kappa shape index (κ2) is 8.75. The van der Waals surface area contributed by atoms with Crippen LogP contribution >= 0.6 is 0 Å². The number of methoxy groups -OCH3 is 2. The van der Waals surface area contributed by atoms with Gasteiger partial charge in [-0.05, 0) is 29.8 Å². The number of ether oxygens (including phenoxy) is 2. The molecule has 0 unspecified atom stereocenters. The molecule has 0 aliphatic carbocycles. The molecule has 2 amide bonds. The van der Waals surface area contributed by atoms with E-state index in [2.05, 4.69) is 20.8 Å². The molecular weight excluding hydrogens is 344 g/mol. The van der Waals surface area contributed by atoms with Gasteiger partial charge in [0.1, 0.15) is 11.5 Å². The fraction of sp³-hybridized carbons (Fsp3) is 0.200. The first-order valence-electron chi connectivity index (χ1n) is 8.51. The fourth-order valence-corrected chi connectivity index (χ4v) is 2.68. The lowest BCUT2D eigenvalue weighted by molar-refractivity contribution is 0.240. The van der Waals surface area contributed by atoms with E-state index in [0.717, 1.165) is 33.9 Å². The molecule has 3 aromatic rings. The van der Waals surface area contributed by atoms with Crippen molar-refractivity contribution in [2.75, 3.05) is 14.2 Å². The van der Waals surface area contributed by atoms with E-state index in [9.17, 15) is 4.79 Å². The van der Waals surface area contributed by atoms with Crippen LogP contribution in [0.3, 0.4) is 0 Å². The third-order valence-corrected chi connectivity index (χ3v) is 4.10. The number of nitrogens with zero attached hydrogens (tertiary/aromatic N) is 1. The van der Waals surface area contributed by atoms with E-state index in [1.54, 1.807) is 20.4 Å². The van der Waals surface area contributed by atoms with Crippen LogP contribution in [-0.2, 0) is 13.1 Å². The van der Waals surface area contributed by atoms with Crippen molar-refractivity contribution in [1.82, 2.24) is 20.8 Å². The van der Waals surface area contributed by atoms with Crippen LogP contribution < -0.4 is 20.1 Å². The highest BCUT2D eigenvalue weighted by Crippen LogP contribution is 2.24. The molecule has 2 aromatic carbocycles. The first-order valence-corrected chi connectivity index (χ1v) is 8.51. The highest BCUT2D eigenvalue weighted by atomic mass is 16.5. The Bertz CT molecular complexity index is 908. The van der Waals surface area contributed by atoms with Crippen LogP contribution in [0.2, 0.25) is 0 Å². The SMILES string of the molecule is COc1cccc(CNC(=O)NCc2cn[nH]c2-c2cccc(OC)c2)c1. The lowest BCUT2D eigenvalue weighted by Crippen LogP contribution is -2.34. The number of rotatable bonds is 7. The van der Waals surface area contributed by atoms with E-state index >= 15 is 0 Å². The molecule has 1 aromatic heterocycles. The number of benzene rings is 2. The summed E-state index contributed by atoms with van der Waals surface area (Å²) < 4.78 is 10.4. The lowest BCUT2D eigenvalue weighted by Gasteiger charge is -2.09. The Balaban J connectivity index is 1.57. The minimum Gasteiger partial charge on any atom is -0.497 e. The molecule has 0 spiro atoms. The predicted molar refractivity (Wildman–Crippen MR) is 103 cm³/mol. The van der Waals surface area contributed by atoms with Gasteiger partial charge < -0.3 is 20.1 Å². The van der Waals surface area contributed by atoms with E-state index in [4.69, 9.17) is 9.47 Å². The summed E-state index contributed by atoms with van der Waals surface area (Å²) in [5, 5.41) is 12.8. The van der Waals surface area contributed by atoms with Crippen LogP contribution in [0, 0.1) is 0 Å². The number of H-pyrrole nitrogens is 1. The summed E-state index contributed by atoms with van der Waals surface area (Å²) in [7, 11) is 3.24. The number of nitrogens with one attached hydrogen (secondary N) is 3. The number of aromatic nitrogens is 2. The van der Waals surface area contributed by atoms with Crippen molar-refractivity contribution >= 4 is 6.03 Å². The van der Waals surface area contributed by atoms with Crippen molar-refractivity contribution in [1.29, 1.82) is 0 Å². The van der Waals surface area contributed by atoms with E-state index < -0.39 is 0 Å². The first kappa shape index (κ1) is 18.3. The fourth-order valence-electron chi connectivity index (χ4n) is 2.68. The molecule has 7 heteroatoms. The van der Waals surface area contributed by atoms with Gasteiger partial charge in [0, 0.05) is 24.2 Å². The van der Waals surface area contributed by atoms with Gasteiger partial charge in [-0.2, -0.15) is 5.10 Å². The van der Waals surface area contributed by atoms with Crippen molar-refractivity contribution in [3.8, 4) is 22.8 Å². The first-order chi connectivity index (χ1) is 13.2. The Morgan fingerprint density at radius 1 is 1.00 bits per heavy atom. The van der Waals surface area contributed by atoms with Crippen molar-refractivity contribution in [3.63, 3.8) is 0 Å². The third-order valence-electron chi connectivity index (χ3n) is 4.10. The normalized spacial score (nSPS) is 10.3. The zero-order valence-corrected chi connectivity index (χ0v) is 15.3. The predicted octanol–water partition coefficient (Wildman–Crippen LogP) is 3.09. The van der Waals surface area contributed by atoms with Gasteiger partial charge >= 0.3 is 6.03 Å². The highest BCUT2D eigenvalue weighted by Gasteiger charge is 2.10. The Kier molecular flexibility index (Phi) is 5.94. The maximum Gasteiger partial charge on any atom is 0.315 e. The number of urea groups is 1. The number of amides is 2. The molecule has 0 aliphatic rings. The van der Waals surface area contributed by atoms with E-state index in [1.807, 2.05) is 48.5 Å².